The second-order valence-corrected chi connectivity index (χ2v) is 5.86. The van der Waals surface area contributed by atoms with Gasteiger partial charge in [-0.15, -0.1) is 0 Å². The van der Waals surface area contributed by atoms with Crippen molar-refractivity contribution in [2.24, 2.45) is 0 Å². The Kier molecular flexibility index (Phi) is 5.59. The van der Waals surface area contributed by atoms with Gasteiger partial charge in [0.15, 0.2) is 0 Å². The Labute approximate surface area is 151 Å². The second kappa shape index (κ2) is 8.26. The Bertz CT molecular complexity index is 855. The number of benzene rings is 1. The Morgan fingerprint density at radius 1 is 0.880 bits per heavy atom. The van der Waals surface area contributed by atoms with Crippen LogP contribution in [0.5, 0.6) is 0 Å². The molecular weight excluding hydrogens is 336 g/mol. The predicted octanol–water partition coefficient (Wildman–Crippen LogP) is 4.56. The molecule has 0 aliphatic carbocycles. The average molecular weight is 353 g/mol. The third kappa shape index (κ3) is 5.29. The summed E-state index contributed by atoms with van der Waals surface area (Å²) >= 11 is 5.80. The van der Waals surface area contributed by atoms with Gasteiger partial charge in [-0.2, -0.15) is 0 Å². The summed E-state index contributed by atoms with van der Waals surface area (Å²) < 4.78 is 0. The van der Waals surface area contributed by atoms with Gasteiger partial charge in [0.05, 0.1) is 0 Å². The first-order valence-electron chi connectivity index (χ1n) is 7.87. The molecule has 0 atom stereocenters. The van der Waals surface area contributed by atoms with Crippen molar-refractivity contribution >= 4 is 29.0 Å². The highest BCUT2D eigenvalue weighted by Gasteiger charge is 2.05. The Hall–Kier alpha value is -2.92. The van der Waals surface area contributed by atoms with E-state index >= 15 is 0 Å². The predicted molar refractivity (Wildman–Crippen MR) is 100.0 cm³/mol. The van der Waals surface area contributed by atoms with E-state index in [1.807, 2.05) is 24.3 Å². The topological polar surface area (TPSA) is 66.9 Å². The molecule has 2 amide bonds. The number of rotatable bonds is 5. The van der Waals surface area contributed by atoms with Gasteiger partial charge in [0.1, 0.15) is 5.15 Å². The van der Waals surface area contributed by atoms with E-state index in [1.54, 1.807) is 24.4 Å². The zero-order valence-corrected chi connectivity index (χ0v) is 14.2. The number of hydrogen-bond donors (Lipinski definition) is 2. The smallest absolute Gasteiger partial charge is 0.308 e. The molecular formula is C19H17ClN4O. The van der Waals surface area contributed by atoms with Gasteiger partial charge in [-0.1, -0.05) is 41.9 Å². The summed E-state index contributed by atoms with van der Waals surface area (Å²) in [5.74, 6) is 0. The number of nitrogens with zero attached hydrogens (tertiary/aromatic N) is 2. The third-order valence-corrected chi connectivity index (χ3v) is 3.78. The number of pyridine rings is 2. The maximum atomic E-state index is 12.1. The van der Waals surface area contributed by atoms with Crippen LogP contribution in [0.2, 0.25) is 5.15 Å². The lowest BCUT2D eigenvalue weighted by atomic mass is 10.1. The monoisotopic (exact) mass is 352 g/mol. The lowest BCUT2D eigenvalue weighted by molar-refractivity contribution is 0.262. The van der Waals surface area contributed by atoms with Crippen LogP contribution in [0.4, 0.5) is 16.2 Å². The second-order valence-electron chi connectivity index (χ2n) is 5.47. The molecule has 0 aliphatic heterocycles. The molecule has 25 heavy (non-hydrogen) atoms. The third-order valence-electron chi connectivity index (χ3n) is 3.57. The van der Waals surface area contributed by atoms with E-state index in [0.717, 1.165) is 18.5 Å². The summed E-state index contributed by atoms with van der Waals surface area (Å²) in [5, 5.41) is 5.83. The van der Waals surface area contributed by atoms with Crippen LogP contribution in [0.15, 0.2) is 67.0 Å². The minimum Gasteiger partial charge on any atom is -0.308 e. The summed E-state index contributed by atoms with van der Waals surface area (Å²) in [4.78, 5) is 20.3. The van der Waals surface area contributed by atoms with E-state index in [2.05, 4.69) is 32.7 Å². The highest BCUT2D eigenvalue weighted by atomic mass is 35.5. The van der Waals surface area contributed by atoms with Gasteiger partial charge in [-0.25, -0.2) is 9.78 Å². The van der Waals surface area contributed by atoms with Gasteiger partial charge in [-0.05, 0) is 42.7 Å². The van der Waals surface area contributed by atoms with Gasteiger partial charge in [-0.3, -0.25) is 4.98 Å². The van der Waals surface area contributed by atoms with Crippen molar-refractivity contribution in [2.75, 3.05) is 10.6 Å². The highest BCUT2D eigenvalue weighted by molar-refractivity contribution is 6.29. The van der Waals surface area contributed by atoms with Crippen LogP contribution in [-0.4, -0.2) is 16.0 Å². The molecule has 2 heterocycles. The molecule has 3 rings (SSSR count). The number of urea groups is 1. The summed E-state index contributed by atoms with van der Waals surface area (Å²) in [7, 11) is 0. The van der Waals surface area contributed by atoms with E-state index in [1.165, 1.54) is 11.8 Å². The standard InChI is InChI=1S/C19H17ClN4O/c20-18-13-17(9-11-22-18)24-19(25)23-16-8-10-21-15(12-16)7-6-14-4-2-1-3-5-14/h1-5,8-13H,6-7H2,(H2,21,22,23,24,25). The maximum absolute atomic E-state index is 12.1. The summed E-state index contributed by atoms with van der Waals surface area (Å²) in [6.45, 7) is 0. The number of halogens is 1. The molecule has 0 spiro atoms. The molecule has 0 unspecified atom stereocenters. The van der Waals surface area contributed by atoms with Gasteiger partial charge >= 0.3 is 6.03 Å². The quantitative estimate of drug-likeness (QED) is 0.661. The molecule has 6 heteroatoms. The van der Waals surface area contributed by atoms with Gasteiger partial charge in [0.2, 0.25) is 0 Å². The first-order valence-corrected chi connectivity index (χ1v) is 8.25. The highest BCUT2D eigenvalue weighted by Crippen LogP contribution is 2.14. The molecule has 0 saturated carbocycles. The minimum atomic E-state index is -0.345. The lowest BCUT2D eigenvalue weighted by Gasteiger charge is -2.09. The van der Waals surface area contributed by atoms with E-state index in [9.17, 15) is 4.79 Å². The molecule has 0 aliphatic rings. The van der Waals surface area contributed by atoms with Crippen LogP contribution in [0.1, 0.15) is 11.3 Å². The van der Waals surface area contributed by atoms with E-state index in [0.29, 0.717) is 16.5 Å². The SMILES string of the molecule is O=C(Nc1ccnc(Cl)c1)Nc1ccnc(CCc2ccccc2)c1. The van der Waals surface area contributed by atoms with Crippen LogP contribution in [0.3, 0.4) is 0 Å². The van der Waals surface area contributed by atoms with Crippen molar-refractivity contribution in [2.45, 2.75) is 12.8 Å². The van der Waals surface area contributed by atoms with E-state index in [-0.39, 0.29) is 6.03 Å². The van der Waals surface area contributed by atoms with Crippen molar-refractivity contribution in [3.63, 3.8) is 0 Å². The van der Waals surface area contributed by atoms with Crippen molar-refractivity contribution < 1.29 is 4.79 Å². The van der Waals surface area contributed by atoms with Crippen LogP contribution >= 0.6 is 11.6 Å². The molecule has 0 radical (unpaired) electrons. The number of hydrogen-bond acceptors (Lipinski definition) is 3. The zero-order valence-electron chi connectivity index (χ0n) is 13.4. The number of amides is 2. The summed E-state index contributed by atoms with van der Waals surface area (Å²) in [6.07, 6.45) is 4.94. The fourth-order valence-electron chi connectivity index (χ4n) is 2.38. The number of carbonyl (C=O) groups excluding carboxylic acids is 1. The van der Waals surface area contributed by atoms with Crippen molar-refractivity contribution in [3.05, 3.63) is 83.4 Å². The first kappa shape index (κ1) is 16.9. The van der Waals surface area contributed by atoms with Crippen molar-refractivity contribution in [3.8, 4) is 0 Å². The lowest BCUT2D eigenvalue weighted by Crippen LogP contribution is -2.19. The molecule has 3 aromatic rings. The molecule has 5 nitrogen and oxygen atoms in total. The van der Waals surface area contributed by atoms with Gasteiger partial charge in [0, 0.05) is 29.5 Å². The molecule has 1 aromatic carbocycles. The van der Waals surface area contributed by atoms with Crippen LogP contribution in [0.25, 0.3) is 0 Å². The molecule has 2 N–H and O–H groups in total. The van der Waals surface area contributed by atoms with Crippen LogP contribution in [0, 0.1) is 0 Å². The Morgan fingerprint density at radius 2 is 1.56 bits per heavy atom. The molecule has 2 aromatic heterocycles. The maximum Gasteiger partial charge on any atom is 0.323 e. The van der Waals surface area contributed by atoms with Crippen LogP contribution in [-0.2, 0) is 12.8 Å². The van der Waals surface area contributed by atoms with Gasteiger partial charge in [0.25, 0.3) is 0 Å². The van der Waals surface area contributed by atoms with Crippen molar-refractivity contribution in [1.29, 1.82) is 0 Å². The number of nitrogens with one attached hydrogen (secondary N) is 2. The number of aryl methyl sites for hydroxylation is 2. The fraction of sp³-hybridized carbons (Fsp3) is 0.105. The minimum absolute atomic E-state index is 0.324. The van der Waals surface area contributed by atoms with Crippen molar-refractivity contribution in [1.82, 2.24) is 9.97 Å². The average Bonchev–Trinajstić information content (AvgIpc) is 2.61. The van der Waals surface area contributed by atoms with Gasteiger partial charge < -0.3 is 10.6 Å². The summed E-state index contributed by atoms with van der Waals surface area (Å²) in [5.41, 5.74) is 3.45. The first-order chi connectivity index (χ1) is 12.2. The molecule has 126 valence electrons. The largest absolute Gasteiger partial charge is 0.323 e. The summed E-state index contributed by atoms with van der Waals surface area (Å²) in [6, 6.07) is 16.8. The number of anilines is 2. The molecule has 0 saturated heterocycles. The Morgan fingerprint density at radius 3 is 2.28 bits per heavy atom. The number of aromatic nitrogens is 2. The number of carbonyl (C=O) groups is 1. The normalized spacial score (nSPS) is 10.3. The zero-order chi connectivity index (χ0) is 17.5. The molecule has 0 fully saturated rings. The van der Waals surface area contributed by atoms with E-state index in [4.69, 9.17) is 11.6 Å². The fourth-order valence-corrected chi connectivity index (χ4v) is 2.56. The Balaban J connectivity index is 1.58. The molecule has 0 bridgehead atoms. The van der Waals surface area contributed by atoms with E-state index < -0.39 is 0 Å². The van der Waals surface area contributed by atoms with Crippen LogP contribution < -0.4 is 10.6 Å².